The van der Waals surface area contributed by atoms with Crippen molar-refractivity contribution in [3.8, 4) is 0 Å². The van der Waals surface area contributed by atoms with E-state index in [1.165, 1.54) is 4.31 Å². The third kappa shape index (κ3) is 5.10. The lowest BCUT2D eigenvalue weighted by molar-refractivity contribution is -0.120. The van der Waals surface area contributed by atoms with E-state index >= 15 is 0 Å². The van der Waals surface area contributed by atoms with Gasteiger partial charge in [-0.05, 0) is 62.9 Å². The summed E-state index contributed by atoms with van der Waals surface area (Å²) in [6, 6.07) is 9.55. The highest BCUT2D eigenvalue weighted by Gasteiger charge is 2.37. The fourth-order valence-electron chi connectivity index (χ4n) is 4.09. The van der Waals surface area contributed by atoms with Crippen LogP contribution in [0.4, 0.5) is 5.69 Å². The van der Waals surface area contributed by atoms with Gasteiger partial charge in [0.2, 0.25) is 15.9 Å². The van der Waals surface area contributed by atoms with E-state index in [1.807, 2.05) is 38.1 Å². The van der Waals surface area contributed by atoms with Gasteiger partial charge < -0.3 is 9.84 Å². The van der Waals surface area contributed by atoms with Crippen molar-refractivity contribution >= 4 is 33.8 Å². The average molecular weight is 481 g/mol. The zero-order chi connectivity index (χ0) is 24.3. The number of aryl methyl sites for hydroxylation is 3. The number of rotatable bonds is 6. The van der Waals surface area contributed by atoms with Gasteiger partial charge in [0.1, 0.15) is 5.69 Å². The molecule has 8 nitrogen and oxygen atoms in total. The molecule has 1 amide bonds. The summed E-state index contributed by atoms with van der Waals surface area (Å²) < 4.78 is 33.9. The summed E-state index contributed by atoms with van der Waals surface area (Å²) in [6.07, 6.45) is 7.86. The number of piperidine rings is 1. The van der Waals surface area contributed by atoms with Gasteiger partial charge in [0.05, 0.1) is 17.8 Å². The SMILES string of the molecule is Cc1ccc(C)c(/C=C/c2onc(C)c2S(=O)(=O)N2CCCC(C(=O)Nc3cccnc3)C2)c1. The zero-order valence-electron chi connectivity index (χ0n) is 19.5. The van der Waals surface area contributed by atoms with Gasteiger partial charge in [-0.15, -0.1) is 0 Å². The number of hydrogen-bond donors (Lipinski definition) is 1. The second-order valence-electron chi connectivity index (χ2n) is 8.59. The van der Waals surface area contributed by atoms with Crippen LogP contribution < -0.4 is 5.32 Å². The second kappa shape index (κ2) is 9.90. The Morgan fingerprint density at radius 1 is 1.21 bits per heavy atom. The Bertz CT molecular complexity index is 1320. The molecule has 1 fully saturated rings. The highest BCUT2D eigenvalue weighted by atomic mass is 32.2. The molecule has 178 valence electrons. The van der Waals surface area contributed by atoms with E-state index < -0.39 is 15.9 Å². The Morgan fingerprint density at radius 2 is 2.03 bits per heavy atom. The molecule has 9 heteroatoms. The molecule has 34 heavy (non-hydrogen) atoms. The van der Waals surface area contributed by atoms with E-state index in [2.05, 4.69) is 15.5 Å². The van der Waals surface area contributed by atoms with Gasteiger partial charge in [-0.2, -0.15) is 4.31 Å². The van der Waals surface area contributed by atoms with Crippen molar-refractivity contribution in [1.29, 1.82) is 0 Å². The molecule has 0 radical (unpaired) electrons. The van der Waals surface area contributed by atoms with Crippen molar-refractivity contribution in [2.45, 2.75) is 38.5 Å². The first-order chi connectivity index (χ1) is 16.3. The van der Waals surface area contributed by atoms with Crippen molar-refractivity contribution < 1.29 is 17.7 Å². The predicted octanol–water partition coefficient (Wildman–Crippen LogP) is 4.20. The molecule has 1 N–H and O–H groups in total. The van der Waals surface area contributed by atoms with Gasteiger partial charge in [-0.25, -0.2) is 8.42 Å². The van der Waals surface area contributed by atoms with E-state index in [0.29, 0.717) is 30.8 Å². The normalized spacial score (nSPS) is 17.2. The summed E-state index contributed by atoms with van der Waals surface area (Å²) in [5, 5.41) is 6.75. The molecule has 4 rings (SSSR count). The Morgan fingerprint density at radius 3 is 2.79 bits per heavy atom. The fourth-order valence-corrected chi connectivity index (χ4v) is 5.86. The lowest BCUT2D eigenvalue weighted by Crippen LogP contribution is -2.43. The van der Waals surface area contributed by atoms with Crippen LogP contribution in [0.1, 0.15) is 41.0 Å². The number of sulfonamides is 1. The van der Waals surface area contributed by atoms with Crippen LogP contribution in [0.25, 0.3) is 12.2 Å². The molecule has 0 aliphatic carbocycles. The summed E-state index contributed by atoms with van der Waals surface area (Å²) in [5.41, 5.74) is 4.03. The molecular formula is C25H28N4O4S. The van der Waals surface area contributed by atoms with Crippen molar-refractivity contribution in [3.63, 3.8) is 0 Å². The van der Waals surface area contributed by atoms with Crippen LogP contribution in [0, 0.1) is 26.7 Å². The van der Waals surface area contributed by atoms with E-state index in [4.69, 9.17) is 4.52 Å². The molecule has 3 aromatic rings. The van der Waals surface area contributed by atoms with Crippen LogP contribution >= 0.6 is 0 Å². The molecule has 0 saturated carbocycles. The number of pyridine rings is 1. The number of carbonyl (C=O) groups is 1. The van der Waals surface area contributed by atoms with Crippen molar-refractivity contribution in [2.75, 3.05) is 18.4 Å². The van der Waals surface area contributed by atoms with Gasteiger partial charge >= 0.3 is 0 Å². The summed E-state index contributed by atoms with van der Waals surface area (Å²) in [5.74, 6) is -0.497. The number of nitrogens with one attached hydrogen (secondary N) is 1. The summed E-state index contributed by atoms with van der Waals surface area (Å²) in [4.78, 5) is 16.8. The van der Waals surface area contributed by atoms with Crippen LogP contribution in [-0.4, -0.2) is 41.9 Å². The van der Waals surface area contributed by atoms with Crippen LogP contribution in [0.2, 0.25) is 0 Å². The molecule has 1 saturated heterocycles. The van der Waals surface area contributed by atoms with E-state index in [-0.39, 0.29) is 23.1 Å². The monoisotopic (exact) mass is 480 g/mol. The molecular weight excluding hydrogens is 452 g/mol. The van der Waals surface area contributed by atoms with E-state index in [1.54, 1.807) is 37.5 Å². The third-order valence-corrected chi connectivity index (χ3v) is 7.99. The molecule has 0 spiro atoms. The summed E-state index contributed by atoms with van der Waals surface area (Å²) in [6.45, 7) is 6.04. The van der Waals surface area contributed by atoms with Crippen molar-refractivity contribution in [1.82, 2.24) is 14.4 Å². The Balaban J connectivity index is 1.56. The molecule has 0 bridgehead atoms. The van der Waals surface area contributed by atoms with Gasteiger partial charge in [-0.1, -0.05) is 35.0 Å². The van der Waals surface area contributed by atoms with Crippen LogP contribution in [0.15, 0.2) is 52.1 Å². The van der Waals surface area contributed by atoms with E-state index in [9.17, 15) is 13.2 Å². The minimum absolute atomic E-state index is 0.0439. The molecule has 2 aromatic heterocycles. The lowest BCUT2D eigenvalue weighted by Gasteiger charge is -2.31. The summed E-state index contributed by atoms with van der Waals surface area (Å²) >= 11 is 0. The van der Waals surface area contributed by atoms with Crippen LogP contribution in [-0.2, 0) is 14.8 Å². The Kier molecular flexibility index (Phi) is 6.95. The standard InChI is InChI=1S/C25H28N4O4S/c1-17-8-9-18(2)20(14-17)10-11-23-24(19(3)28-33-23)34(31,32)29-13-5-6-21(16-29)25(30)27-22-7-4-12-26-15-22/h4,7-12,14-15,21H,5-6,13,16H2,1-3H3,(H,27,30)/b11-10+. The quantitative estimate of drug-likeness (QED) is 0.567. The van der Waals surface area contributed by atoms with Gasteiger partial charge in [0.25, 0.3) is 0 Å². The first kappa shape index (κ1) is 23.8. The highest BCUT2D eigenvalue weighted by Crippen LogP contribution is 2.30. The molecule has 1 aliphatic heterocycles. The minimum atomic E-state index is -3.91. The molecule has 1 unspecified atom stereocenters. The number of carbonyl (C=O) groups excluding carboxylic acids is 1. The maximum absolute atomic E-state index is 13.6. The minimum Gasteiger partial charge on any atom is -0.355 e. The first-order valence-electron chi connectivity index (χ1n) is 11.2. The summed E-state index contributed by atoms with van der Waals surface area (Å²) in [7, 11) is -3.91. The Labute approximate surface area is 199 Å². The fraction of sp³-hybridized carbons (Fsp3) is 0.320. The number of aromatic nitrogens is 2. The lowest BCUT2D eigenvalue weighted by atomic mass is 9.99. The van der Waals surface area contributed by atoms with Crippen molar-refractivity contribution in [3.05, 3.63) is 70.9 Å². The molecule has 1 aromatic carbocycles. The average Bonchev–Trinajstić information content (AvgIpc) is 3.21. The van der Waals surface area contributed by atoms with Crippen molar-refractivity contribution in [2.24, 2.45) is 5.92 Å². The second-order valence-corrected chi connectivity index (χ2v) is 10.5. The Hall–Kier alpha value is -3.30. The van der Waals surface area contributed by atoms with E-state index in [0.717, 1.165) is 16.7 Å². The number of hydrogen-bond acceptors (Lipinski definition) is 6. The molecule has 1 aliphatic rings. The molecule has 1 atom stereocenters. The van der Waals surface area contributed by atoms with Gasteiger partial charge in [0.15, 0.2) is 10.7 Å². The maximum Gasteiger partial charge on any atom is 0.248 e. The predicted molar refractivity (Wildman–Crippen MR) is 130 cm³/mol. The smallest absolute Gasteiger partial charge is 0.248 e. The number of nitrogens with zero attached hydrogens (tertiary/aromatic N) is 3. The number of anilines is 1. The first-order valence-corrected chi connectivity index (χ1v) is 12.6. The highest BCUT2D eigenvalue weighted by molar-refractivity contribution is 7.89. The largest absolute Gasteiger partial charge is 0.355 e. The van der Waals surface area contributed by atoms with Crippen LogP contribution in [0.3, 0.4) is 0 Å². The molecule has 3 heterocycles. The van der Waals surface area contributed by atoms with Gasteiger partial charge in [-0.3, -0.25) is 9.78 Å². The van der Waals surface area contributed by atoms with Crippen LogP contribution in [0.5, 0.6) is 0 Å². The third-order valence-electron chi connectivity index (χ3n) is 5.96. The topological polar surface area (TPSA) is 105 Å². The zero-order valence-corrected chi connectivity index (χ0v) is 20.3. The number of amides is 1. The maximum atomic E-state index is 13.6. The number of benzene rings is 1. The van der Waals surface area contributed by atoms with Gasteiger partial charge in [0, 0.05) is 19.3 Å².